The summed E-state index contributed by atoms with van der Waals surface area (Å²) in [5.74, 6) is 1.02. The molecule has 2 heterocycles. The van der Waals surface area contributed by atoms with Crippen molar-refractivity contribution in [2.24, 2.45) is 0 Å². The lowest BCUT2D eigenvalue weighted by molar-refractivity contribution is -0.136. The van der Waals surface area contributed by atoms with Crippen LogP contribution in [0.3, 0.4) is 0 Å². The van der Waals surface area contributed by atoms with E-state index < -0.39 is 11.7 Å². The van der Waals surface area contributed by atoms with E-state index in [0.717, 1.165) is 6.07 Å². The fourth-order valence-corrected chi connectivity index (χ4v) is 3.66. The summed E-state index contributed by atoms with van der Waals surface area (Å²) in [5.41, 5.74) is 0.146. The summed E-state index contributed by atoms with van der Waals surface area (Å²) in [6.07, 6.45) is -1.69. The maximum absolute atomic E-state index is 13.6. The molecule has 0 aliphatic heterocycles. The smallest absolute Gasteiger partial charge is 0.418 e. The van der Waals surface area contributed by atoms with Crippen molar-refractivity contribution < 1.29 is 22.6 Å². The van der Waals surface area contributed by atoms with Crippen molar-refractivity contribution in [2.75, 3.05) is 19.5 Å². The second-order valence-electron chi connectivity index (χ2n) is 6.24. The van der Waals surface area contributed by atoms with E-state index in [2.05, 4.69) is 15.3 Å². The van der Waals surface area contributed by atoms with Gasteiger partial charge in [0.25, 0.3) is 0 Å². The van der Waals surface area contributed by atoms with Crippen LogP contribution in [0.4, 0.5) is 24.7 Å². The molecule has 6 nitrogen and oxygen atoms in total. The molecule has 0 atom stereocenters. The molecule has 0 aliphatic rings. The van der Waals surface area contributed by atoms with E-state index in [1.165, 1.54) is 32.8 Å². The van der Waals surface area contributed by atoms with Crippen LogP contribution in [0.25, 0.3) is 16.6 Å². The van der Waals surface area contributed by atoms with E-state index in [1.807, 2.05) is 0 Å². The van der Waals surface area contributed by atoms with Gasteiger partial charge in [-0.05, 0) is 12.1 Å². The van der Waals surface area contributed by atoms with Crippen LogP contribution in [0.5, 0.6) is 11.5 Å². The molecule has 11 heteroatoms. The zero-order valence-electron chi connectivity index (χ0n) is 15.5. The number of fused-ring (bicyclic) bond motifs is 3. The van der Waals surface area contributed by atoms with Crippen LogP contribution < -0.4 is 14.8 Å². The molecule has 0 unspecified atom stereocenters. The summed E-state index contributed by atoms with van der Waals surface area (Å²) in [5, 5.41) is 2.39. The third-order valence-corrected chi connectivity index (χ3v) is 4.97. The van der Waals surface area contributed by atoms with Gasteiger partial charge in [-0.1, -0.05) is 23.2 Å². The Bertz CT molecular complexity index is 1270. The van der Waals surface area contributed by atoms with Gasteiger partial charge >= 0.3 is 6.18 Å². The predicted octanol–water partition coefficient (Wildman–Crippen LogP) is 5.97. The number of rotatable bonds is 4. The molecule has 2 aromatic carbocycles. The number of aromatic nitrogens is 3. The van der Waals surface area contributed by atoms with Gasteiger partial charge in [-0.15, -0.1) is 0 Å². The zero-order valence-corrected chi connectivity index (χ0v) is 17.0. The number of alkyl halides is 3. The molecular formula is C19H13Cl2F3N4O2. The second-order valence-corrected chi connectivity index (χ2v) is 7.08. The van der Waals surface area contributed by atoms with Crippen LogP contribution in [-0.4, -0.2) is 28.6 Å². The third kappa shape index (κ3) is 3.44. The topological polar surface area (TPSA) is 60.7 Å². The molecule has 0 fully saturated rings. The fraction of sp³-hybridized carbons (Fsp3) is 0.158. The average molecular weight is 457 g/mol. The number of hydrogen-bond acceptors (Lipinski definition) is 5. The van der Waals surface area contributed by atoms with Crippen LogP contribution in [0, 0.1) is 0 Å². The van der Waals surface area contributed by atoms with E-state index in [4.69, 9.17) is 32.7 Å². The fourth-order valence-electron chi connectivity index (χ4n) is 3.11. The number of imidazole rings is 1. The van der Waals surface area contributed by atoms with Gasteiger partial charge in [0.05, 0.1) is 54.1 Å². The first-order valence-electron chi connectivity index (χ1n) is 8.44. The summed E-state index contributed by atoms with van der Waals surface area (Å²) < 4.78 is 53.0. The Morgan fingerprint density at radius 3 is 2.37 bits per heavy atom. The first-order chi connectivity index (χ1) is 14.2. The maximum atomic E-state index is 13.6. The highest BCUT2D eigenvalue weighted by molar-refractivity contribution is 6.36. The summed E-state index contributed by atoms with van der Waals surface area (Å²) in [7, 11) is 2.97. The Hall–Kier alpha value is -2.91. The lowest BCUT2D eigenvalue weighted by Crippen LogP contribution is -2.10. The molecule has 0 saturated carbocycles. The summed E-state index contributed by atoms with van der Waals surface area (Å²) in [4.78, 5) is 8.57. The molecular weight excluding hydrogens is 444 g/mol. The molecule has 0 aliphatic carbocycles. The van der Waals surface area contributed by atoms with Gasteiger partial charge in [-0.3, -0.25) is 4.40 Å². The van der Waals surface area contributed by atoms with Gasteiger partial charge in [0.15, 0.2) is 17.3 Å². The van der Waals surface area contributed by atoms with Gasteiger partial charge in [-0.2, -0.15) is 13.2 Å². The van der Waals surface area contributed by atoms with Crippen molar-refractivity contribution in [1.82, 2.24) is 14.4 Å². The highest BCUT2D eigenvalue weighted by Crippen LogP contribution is 2.42. The average Bonchev–Trinajstić information content (AvgIpc) is 3.18. The van der Waals surface area contributed by atoms with Gasteiger partial charge in [-0.25, -0.2) is 9.97 Å². The molecule has 156 valence electrons. The predicted molar refractivity (Wildman–Crippen MR) is 108 cm³/mol. The Morgan fingerprint density at radius 2 is 1.70 bits per heavy atom. The minimum absolute atomic E-state index is 0.127. The third-order valence-electron chi connectivity index (χ3n) is 4.46. The first-order valence-corrected chi connectivity index (χ1v) is 9.19. The van der Waals surface area contributed by atoms with Crippen molar-refractivity contribution in [3.8, 4) is 11.5 Å². The summed E-state index contributed by atoms with van der Waals surface area (Å²) >= 11 is 11.9. The highest BCUT2D eigenvalue weighted by atomic mass is 35.5. The zero-order chi connectivity index (χ0) is 21.6. The largest absolute Gasteiger partial charge is 0.493 e. The maximum Gasteiger partial charge on any atom is 0.418 e. The number of hydrogen-bond donors (Lipinski definition) is 1. The Balaban J connectivity index is 1.95. The molecule has 30 heavy (non-hydrogen) atoms. The van der Waals surface area contributed by atoms with Crippen LogP contribution in [0.1, 0.15) is 5.56 Å². The molecule has 2 aromatic heterocycles. The molecule has 4 aromatic rings. The normalized spacial score (nSPS) is 11.8. The van der Waals surface area contributed by atoms with Crippen LogP contribution in [0.2, 0.25) is 10.0 Å². The van der Waals surface area contributed by atoms with E-state index in [1.54, 1.807) is 16.5 Å². The van der Waals surface area contributed by atoms with Crippen LogP contribution >= 0.6 is 23.2 Å². The van der Waals surface area contributed by atoms with Crippen LogP contribution in [-0.2, 0) is 6.18 Å². The van der Waals surface area contributed by atoms with Gasteiger partial charge in [0.1, 0.15) is 5.52 Å². The minimum Gasteiger partial charge on any atom is -0.493 e. The number of benzene rings is 2. The second kappa shape index (κ2) is 7.41. The van der Waals surface area contributed by atoms with Gasteiger partial charge in [0, 0.05) is 17.2 Å². The Morgan fingerprint density at radius 1 is 1.00 bits per heavy atom. The van der Waals surface area contributed by atoms with Gasteiger partial charge in [0.2, 0.25) is 0 Å². The monoisotopic (exact) mass is 456 g/mol. The minimum atomic E-state index is -4.68. The number of methoxy groups -OCH3 is 2. The highest BCUT2D eigenvalue weighted by Gasteiger charge is 2.35. The number of anilines is 2. The molecule has 1 N–H and O–H groups in total. The summed E-state index contributed by atoms with van der Waals surface area (Å²) in [6.45, 7) is 0. The Kier molecular flexibility index (Phi) is 5.03. The number of nitrogens with one attached hydrogen (secondary N) is 1. The molecule has 0 saturated heterocycles. The lowest BCUT2D eigenvalue weighted by Gasteiger charge is -2.18. The standard InChI is InChI=1S/C19H13Cl2F3N4O2/c1-29-15-5-12-13(6-16(15)30-2)28-8-25-7-14(28)18(26-12)27-17-10(19(22,23)24)3-9(20)4-11(17)21/h3-8H,1-2H3,(H,26,27). The number of nitrogens with zero attached hydrogens (tertiary/aromatic N) is 3. The molecule has 0 bridgehead atoms. The van der Waals surface area contributed by atoms with Crippen molar-refractivity contribution >= 4 is 51.3 Å². The summed E-state index contributed by atoms with van der Waals surface area (Å²) in [6, 6.07) is 5.35. The SMILES string of the molecule is COc1cc2nc(Nc3c(Cl)cc(Cl)cc3C(F)(F)F)c3cncn3c2cc1OC. The number of ether oxygens (including phenoxy) is 2. The molecule has 4 rings (SSSR count). The van der Waals surface area contributed by atoms with E-state index in [9.17, 15) is 13.2 Å². The van der Waals surface area contributed by atoms with Crippen molar-refractivity contribution in [1.29, 1.82) is 0 Å². The van der Waals surface area contributed by atoms with Crippen molar-refractivity contribution in [2.45, 2.75) is 6.18 Å². The van der Waals surface area contributed by atoms with Crippen molar-refractivity contribution in [3.63, 3.8) is 0 Å². The quantitative estimate of drug-likeness (QED) is 0.409. The van der Waals surface area contributed by atoms with Gasteiger partial charge < -0.3 is 14.8 Å². The van der Waals surface area contributed by atoms with E-state index >= 15 is 0 Å². The van der Waals surface area contributed by atoms with E-state index in [-0.39, 0.29) is 21.6 Å². The first kappa shape index (κ1) is 20.4. The van der Waals surface area contributed by atoms with Crippen molar-refractivity contribution in [3.05, 3.63) is 52.4 Å². The van der Waals surface area contributed by atoms with E-state index in [0.29, 0.717) is 28.0 Å². The van der Waals surface area contributed by atoms with Crippen LogP contribution in [0.15, 0.2) is 36.8 Å². The molecule has 0 spiro atoms. The molecule has 0 radical (unpaired) electrons. The number of halogens is 5. The Labute approximate surface area is 178 Å². The molecule has 0 amide bonds. The lowest BCUT2D eigenvalue weighted by atomic mass is 10.1.